The number of aromatic nitrogens is 3. The minimum atomic E-state index is -0.252. The number of nitrogens with two attached hydrogens (primary N) is 1. The lowest BCUT2D eigenvalue weighted by atomic mass is 9.96. The maximum atomic E-state index is 13.2. The molecule has 1 heterocycles. The lowest BCUT2D eigenvalue weighted by Crippen LogP contribution is -2.26. The van der Waals surface area contributed by atoms with Crippen LogP contribution in [0.1, 0.15) is 37.7 Å². The average molecular weight is 351 g/mol. The van der Waals surface area contributed by atoms with E-state index in [4.69, 9.17) is 5.84 Å². The van der Waals surface area contributed by atoms with Gasteiger partial charge in [-0.3, -0.25) is 4.79 Å². The summed E-state index contributed by atoms with van der Waals surface area (Å²) in [6, 6.07) is 4.77. The molecule has 1 amide bonds. The van der Waals surface area contributed by atoms with Crippen LogP contribution in [0.2, 0.25) is 0 Å². The van der Waals surface area contributed by atoms with E-state index in [1.54, 1.807) is 19.1 Å². The molecule has 0 saturated carbocycles. The zero-order chi connectivity index (χ0) is 17.9. The standard InChI is InChI=1S/C16H22FN5OS/c1-10-7-11(5-6-12(10)17)8-19-13(23)9-24-15-21-20-14(22(15)18)16(2,3)4/h5-7H,8-9,18H2,1-4H3,(H,19,23). The number of carbonyl (C=O) groups is 1. The number of nitrogen functional groups attached to an aromatic ring is 1. The van der Waals surface area contributed by atoms with Gasteiger partial charge in [-0.05, 0) is 24.1 Å². The predicted octanol–water partition coefficient (Wildman–Crippen LogP) is 2.15. The molecule has 1 aromatic carbocycles. The lowest BCUT2D eigenvalue weighted by Gasteiger charge is -2.16. The van der Waals surface area contributed by atoms with Crippen molar-refractivity contribution in [3.05, 3.63) is 41.0 Å². The molecular weight excluding hydrogens is 329 g/mol. The summed E-state index contributed by atoms with van der Waals surface area (Å²) < 4.78 is 14.6. The van der Waals surface area contributed by atoms with Crippen LogP contribution < -0.4 is 11.2 Å². The van der Waals surface area contributed by atoms with Crippen LogP contribution in [0.4, 0.5) is 4.39 Å². The van der Waals surface area contributed by atoms with E-state index < -0.39 is 0 Å². The zero-order valence-corrected chi connectivity index (χ0v) is 15.1. The van der Waals surface area contributed by atoms with E-state index in [9.17, 15) is 9.18 Å². The molecule has 2 rings (SSSR count). The molecule has 0 saturated heterocycles. The van der Waals surface area contributed by atoms with E-state index in [0.717, 1.165) is 5.56 Å². The molecule has 2 aromatic rings. The van der Waals surface area contributed by atoms with E-state index in [2.05, 4.69) is 15.5 Å². The quantitative estimate of drug-likeness (QED) is 0.637. The van der Waals surface area contributed by atoms with Crippen LogP contribution in [0.5, 0.6) is 0 Å². The minimum Gasteiger partial charge on any atom is -0.351 e. The topological polar surface area (TPSA) is 85.8 Å². The largest absolute Gasteiger partial charge is 0.351 e. The SMILES string of the molecule is Cc1cc(CNC(=O)CSc2nnc(C(C)(C)C)n2N)ccc1F. The molecule has 0 bridgehead atoms. The van der Waals surface area contributed by atoms with Crippen LogP contribution in [0, 0.1) is 12.7 Å². The summed E-state index contributed by atoms with van der Waals surface area (Å²) in [4.78, 5) is 12.0. The van der Waals surface area contributed by atoms with E-state index in [-0.39, 0.29) is 22.9 Å². The summed E-state index contributed by atoms with van der Waals surface area (Å²) in [5, 5.41) is 11.4. The zero-order valence-electron chi connectivity index (χ0n) is 14.3. The number of hydrogen-bond acceptors (Lipinski definition) is 5. The fourth-order valence-corrected chi connectivity index (χ4v) is 2.77. The number of benzene rings is 1. The number of halogens is 1. The van der Waals surface area contributed by atoms with Gasteiger partial charge in [0, 0.05) is 12.0 Å². The highest BCUT2D eigenvalue weighted by molar-refractivity contribution is 7.99. The van der Waals surface area contributed by atoms with E-state index >= 15 is 0 Å². The second-order valence-corrected chi connectivity index (χ2v) is 7.52. The molecule has 130 valence electrons. The van der Waals surface area contributed by atoms with Gasteiger partial charge in [-0.2, -0.15) is 0 Å². The number of aryl methyl sites for hydroxylation is 1. The Morgan fingerprint density at radius 2 is 2.08 bits per heavy atom. The lowest BCUT2D eigenvalue weighted by molar-refractivity contribution is -0.118. The van der Waals surface area contributed by atoms with Gasteiger partial charge in [-0.15, -0.1) is 10.2 Å². The van der Waals surface area contributed by atoms with E-state index in [1.807, 2.05) is 20.8 Å². The van der Waals surface area contributed by atoms with Gasteiger partial charge in [0.15, 0.2) is 5.82 Å². The van der Waals surface area contributed by atoms with Crippen molar-refractivity contribution in [1.29, 1.82) is 0 Å². The molecule has 8 heteroatoms. The summed E-state index contributed by atoms with van der Waals surface area (Å²) in [5.41, 5.74) is 1.19. The van der Waals surface area contributed by atoms with Gasteiger partial charge in [0.25, 0.3) is 0 Å². The first kappa shape index (κ1) is 18.3. The molecule has 0 spiro atoms. The summed E-state index contributed by atoms with van der Waals surface area (Å²) in [6.07, 6.45) is 0. The van der Waals surface area contributed by atoms with E-state index in [1.165, 1.54) is 22.5 Å². The first-order chi connectivity index (χ1) is 11.2. The molecule has 24 heavy (non-hydrogen) atoms. The molecule has 0 aliphatic heterocycles. The third-order valence-corrected chi connectivity index (χ3v) is 4.32. The molecule has 6 nitrogen and oxygen atoms in total. The van der Waals surface area contributed by atoms with E-state index in [0.29, 0.717) is 23.1 Å². The molecule has 3 N–H and O–H groups in total. The number of carbonyl (C=O) groups excluding carboxylic acids is 1. The van der Waals surface area contributed by atoms with Gasteiger partial charge in [-0.25, -0.2) is 9.07 Å². The molecule has 0 fully saturated rings. The Bertz CT molecular complexity index is 739. The molecule has 0 aliphatic rings. The number of nitrogens with zero attached hydrogens (tertiary/aromatic N) is 3. The smallest absolute Gasteiger partial charge is 0.230 e. The molecular formula is C16H22FN5OS. The number of thioether (sulfide) groups is 1. The third-order valence-electron chi connectivity index (χ3n) is 3.38. The van der Waals surface area contributed by atoms with Gasteiger partial charge in [-0.1, -0.05) is 44.7 Å². The van der Waals surface area contributed by atoms with Gasteiger partial charge >= 0.3 is 0 Å². The van der Waals surface area contributed by atoms with Crippen molar-refractivity contribution in [2.75, 3.05) is 11.6 Å². The number of rotatable bonds is 5. The Kier molecular flexibility index (Phi) is 5.48. The predicted molar refractivity (Wildman–Crippen MR) is 92.6 cm³/mol. The third kappa shape index (κ3) is 4.47. The van der Waals surface area contributed by atoms with Crippen LogP contribution in [0.3, 0.4) is 0 Å². The maximum Gasteiger partial charge on any atom is 0.230 e. The Balaban J connectivity index is 1.87. The first-order valence-electron chi connectivity index (χ1n) is 7.54. The highest BCUT2D eigenvalue weighted by Crippen LogP contribution is 2.23. The van der Waals surface area contributed by atoms with Crippen molar-refractivity contribution in [3.8, 4) is 0 Å². The molecule has 1 aromatic heterocycles. The normalized spacial score (nSPS) is 11.5. The first-order valence-corrected chi connectivity index (χ1v) is 8.52. The van der Waals surface area contributed by atoms with Crippen LogP contribution in [0.25, 0.3) is 0 Å². The minimum absolute atomic E-state index is 0.151. The van der Waals surface area contributed by atoms with Gasteiger partial charge in [0.05, 0.1) is 5.75 Å². The van der Waals surface area contributed by atoms with Crippen molar-refractivity contribution in [2.45, 2.75) is 44.8 Å². The molecule has 0 radical (unpaired) electrons. The summed E-state index contributed by atoms with van der Waals surface area (Å²) >= 11 is 1.23. The van der Waals surface area contributed by atoms with Crippen molar-refractivity contribution in [1.82, 2.24) is 20.2 Å². The van der Waals surface area contributed by atoms with Crippen LogP contribution in [0.15, 0.2) is 23.4 Å². The highest BCUT2D eigenvalue weighted by atomic mass is 32.2. The van der Waals surface area contributed by atoms with Crippen molar-refractivity contribution < 1.29 is 9.18 Å². The number of hydrogen-bond donors (Lipinski definition) is 2. The Hall–Kier alpha value is -2.09. The second-order valence-electron chi connectivity index (χ2n) is 6.58. The van der Waals surface area contributed by atoms with Crippen molar-refractivity contribution in [3.63, 3.8) is 0 Å². The number of amides is 1. The Morgan fingerprint density at radius 3 is 2.67 bits per heavy atom. The number of nitrogens with one attached hydrogen (secondary N) is 1. The van der Waals surface area contributed by atoms with Gasteiger partial charge < -0.3 is 11.2 Å². The second kappa shape index (κ2) is 7.21. The summed E-state index contributed by atoms with van der Waals surface area (Å²) in [6.45, 7) is 8.02. The summed E-state index contributed by atoms with van der Waals surface area (Å²) in [5.74, 6) is 6.41. The fraction of sp³-hybridized carbons (Fsp3) is 0.438. The van der Waals surface area contributed by atoms with Gasteiger partial charge in [0.2, 0.25) is 11.1 Å². The van der Waals surface area contributed by atoms with Gasteiger partial charge in [0.1, 0.15) is 5.82 Å². The van der Waals surface area contributed by atoms with Crippen molar-refractivity contribution in [2.24, 2.45) is 0 Å². The fourth-order valence-electron chi connectivity index (χ4n) is 2.09. The van der Waals surface area contributed by atoms with Crippen LogP contribution >= 0.6 is 11.8 Å². The maximum absolute atomic E-state index is 13.2. The van der Waals surface area contributed by atoms with Crippen molar-refractivity contribution >= 4 is 17.7 Å². The monoisotopic (exact) mass is 351 g/mol. The van der Waals surface area contributed by atoms with Crippen LogP contribution in [-0.2, 0) is 16.8 Å². The van der Waals surface area contributed by atoms with Crippen LogP contribution in [-0.4, -0.2) is 26.5 Å². The molecule has 0 atom stereocenters. The highest BCUT2D eigenvalue weighted by Gasteiger charge is 2.23. The molecule has 0 unspecified atom stereocenters. The average Bonchev–Trinajstić information content (AvgIpc) is 2.87. The summed E-state index contributed by atoms with van der Waals surface area (Å²) in [7, 11) is 0. The Labute approximate surface area is 145 Å². The Morgan fingerprint density at radius 1 is 1.38 bits per heavy atom. The molecule has 0 aliphatic carbocycles.